The summed E-state index contributed by atoms with van der Waals surface area (Å²) in [7, 11) is 0. The van der Waals surface area contributed by atoms with E-state index in [9.17, 15) is 0 Å². The highest BCUT2D eigenvalue weighted by atomic mass is 14.7. The Labute approximate surface area is 109 Å². The van der Waals surface area contributed by atoms with Gasteiger partial charge in [0, 0.05) is 11.2 Å². The van der Waals surface area contributed by atoms with Crippen molar-refractivity contribution in [3.8, 4) is 0 Å². The molecule has 0 amide bonds. The third kappa shape index (κ3) is 2.08. The first kappa shape index (κ1) is 12.9. The SMILES string of the molecule is CC1=CC(c2ccc(N)c(C)c2)=CC(C)C1(C)N. The maximum atomic E-state index is 6.33. The first-order chi connectivity index (χ1) is 8.32. The topological polar surface area (TPSA) is 52.0 Å². The Bertz CT molecular complexity index is 536. The third-order valence-corrected chi connectivity index (χ3v) is 4.20. The normalized spacial score (nSPS) is 27.7. The van der Waals surface area contributed by atoms with E-state index in [2.05, 4.69) is 45.1 Å². The van der Waals surface area contributed by atoms with Crippen LogP contribution in [0, 0.1) is 12.8 Å². The van der Waals surface area contributed by atoms with Crippen molar-refractivity contribution in [2.24, 2.45) is 11.7 Å². The smallest absolute Gasteiger partial charge is 0.0401 e. The van der Waals surface area contributed by atoms with E-state index < -0.39 is 0 Å². The van der Waals surface area contributed by atoms with Gasteiger partial charge in [0.2, 0.25) is 0 Å². The van der Waals surface area contributed by atoms with Crippen LogP contribution in [-0.4, -0.2) is 5.54 Å². The molecule has 96 valence electrons. The number of aryl methyl sites for hydroxylation is 1. The molecule has 0 saturated heterocycles. The molecular weight excluding hydrogens is 220 g/mol. The number of nitrogen functional groups attached to an aromatic ring is 1. The molecule has 1 aliphatic rings. The average Bonchev–Trinajstić information content (AvgIpc) is 2.29. The standard InChI is InChI=1S/C16H22N2/c1-10-7-13(5-6-15(10)17)14-8-11(2)16(4,18)12(3)9-14/h5-9,11H,17-18H2,1-4H3. The van der Waals surface area contributed by atoms with E-state index in [1.807, 2.05) is 13.0 Å². The van der Waals surface area contributed by atoms with Gasteiger partial charge >= 0.3 is 0 Å². The van der Waals surface area contributed by atoms with Gasteiger partial charge in [-0.05, 0) is 55.5 Å². The van der Waals surface area contributed by atoms with Gasteiger partial charge in [0.1, 0.15) is 0 Å². The maximum absolute atomic E-state index is 6.33. The van der Waals surface area contributed by atoms with Crippen LogP contribution in [0.25, 0.3) is 5.57 Å². The molecule has 0 aromatic heterocycles. The van der Waals surface area contributed by atoms with Gasteiger partial charge in [0.05, 0.1) is 0 Å². The van der Waals surface area contributed by atoms with E-state index in [-0.39, 0.29) is 5.54 Å². The highest BCUT2D eigenvalue weighted by Crippen LogP contribution is 2.34. The zero-order valence-electron chi connectivity index (χ0n) is 11.6. The van der Waals surface area contributed by atoms with Crippen LogP contribution in [0.15, 0.2) is 35.9 Å². The molecule has 0 radical (unpaired) electrons. The fourth-order valence-corrected chi connectivity index (χ4v) is 2.27. The van der Waals surface area contributed by atoms with Gasteiger partial charge in [-0.3, -0.25) is 0 Å². The van der Waals surface area contributed by atoms with Crippen LogP contribution in [0.3, 0.4) is 0 Å². The molecule has 2 rings (SSSR count). The average molecular weight is 242 g/mol. The molecule has 0 aliphatic heterocycles. The lowest BCUT2D eigenvalue weighted by molar-refractivity contribution is 0.431. The molecule has 1 aliphatic carbocycles. The highest BCUT2D eigenvalue weighted by Gasteiger charge is 2.30. The summed E-state index contributed by atoms with van der Waals surface area (Å²) in [5.41, 5.74) is 17.6. The molecule has 2 nitrogen and oxygen atoms in total. The zero-order chi connectivity index (χ0) is 13.5. The number of benzene rings is 1. The highest BCUT2D eigenvalue weighted by molar-refractivity contribution is 5.78. The van der Waals surface area contributed by atoms with Crippen molar-refractivity contribution in [2.45, 2.75) is 33.2 Å². The van der Waals surface area contributed by atoms with E-state index in [0.717, 1.165) is 11.3 Å². The lowest BCUT2D eigenvalue weighted by Crippen LogP contribution is -2.44. The molecule has 2 unspecified atom stereocenters. The zero-order valence-corrected chi connectivity index (χ0v) is 11.6. The molecule has 2 heteroatoms. The fraction of sp³-hybridized carbons (Fsp3) is 0.375. The molecule has 0 heterocycles. The summed E-state index contributed by atoms with van der Waals surface area (Å²) in [6, 6.07) is 6.18. The van der Waals surface area contributed by atoms with Crippen LogP contribution in [0.1, 0.15) is 31.9 Å². The summed E-state index contributed by atoms with van der Waals surface area (Å²) in [5, 5.41) is 0. The van der Waals surface area contributed by atoms with Gasteiger partial charge in [-0.25, -0.2) is 0 Å². The van der Waals surface area contributed by atoms with Crippen molar-refractivity contribution < 1.29 is 0 Å². The molecule has 1 aromatic carbocycles. The monoisotopic (exact) mass is 242 g/mol. The van der Waals surface area contributed by atoms with E-state index in [1.165, 1.54) is 16.7 Å². The maximum Gasteiger partial charge on any atom is 0.0401 e. The summed E-state index contributed by atoms with van der Waals surface area (Å²) in [4.78, 5) is 0. The van der Waals surface area contributed by atoms with E-state index in [4.69, 9.17) is 11.5 Å². The van der Waals surface area contributed by atoms with Gasteiger partial charge in [-0.1, -0.05) is 30.7 Å². The number of anilines is 1. The molecule has 0 spiro atoms. The van der Waals surface area contributed by atoms with Crippen molar-refractivity contribution in [3.05, 3.63) is 47.1 Å². The molecule has 4 N–H and O–H groups in total. The van der Waals surface area contributed by atoms with Gasteiger partial charge < -0.3 is 11.5 Å². The van der Waals surface area contributed by atoms with Crippen LogP contribution in [0.4, 0.5) is 5.69 Å². The van der Waals surface area contributed by atoms with Crippen LogP contribution >= 0.6 is 0 Å². The predicted molar refractivity (Wildman–Crippen MR) is 79.1 cm³/mol. The number of hydrogen-bond donors (Lipinski definition) is 2. The number of hydrogen-bond acceptors (Lipinski definition) is 2. The lowest BCUT2D eigenvalue weighted by atomic mass is 9.75. The summed E-state index contributed by atoms with van der Waals surface area (Å²) in [6.07, 6.45) is 4.43. The van der Waals surface area contributed by atoms with Crippen molar-refractivity contribution in [1.29, 1.82) is 0 Å². The number of nitrogens with two attached hydrogens (primary N) is 2. The van der Waals surface area contributed by atoms with Gasteiger partial charge in [0.15, 0.2) is 0 Å². The van der Waals surface area contributed by atoms with Gasteiger partial charge in [-0.15, -0.1) is 0 Å². The number of rotatable bonds is 1. The first-order valence-electron chi connectivity index (χ1n) is 6.38. The summed E-state index contributed by atoms with van der Waals surface area (Å²) < 4.78 is 0. The van der Waals surface area contributed by atoms with Crippen LogP contribution in [0.2, 0.25) is 0 Å². The van der Waals surface area contributed by atoms with Crippen molar-refractivity contribution >= 4 is 11.3 Å². The molecule has 0 bridgehead atoms. The first-order valence-corrected chi connectivity index (χ1v) is 6.38. The Morgan fingerprint density at radius 3 is 2.44 bits per heavy atom. The molecule has 0 saturated carbocycles. The molecule has 2 atom stereocenters. The summed E-state index contributed by atoms with van der Waals surface area (Å²) >= 11 is 0. The predicted octanol–water partition coefficient (Wildman–Crippen LogP) is 3.27. The third-order valence-electron chi connectivity index (χ3n) is 4.20. The molecule has 18 heavy (non-hydrogen) atoms. The Morgan fingerprint density at radius 1 is 1.22 bits per heavy atom. The van der Waals surface area contributed by atoms with Crippen LogP contribution in [-0.2, 0) is 0 Å². The van der Waals surface area contributed by atoms with Crippen molar-refractivity contribution in [3.63, 3.8) is 0 Å². The second kappa shape index (κ2) is 4.29. The Hall–Kier alpha value is -1.54. The molecule has 1 aromatic rings. The van der Waals surface area contributed by atoms with Crippen LogP contribution < -0.4 is 11.5 Å². The summed E-state index contributed by atoms with van der Waals surface area (Å²) in [6.45, 7) is 8.40. The van der Waals surface area contributed by atoms with Crippen molar-refractivity contribution in [1.82, 2.24) is 0 Å². The quantitative estimate of drug-likeness (QED) is 0.743. The van der Waals surface area contributed by atoms with E-state index >= 15 is 0 Å². The minimum Gasteiger partial charge on any atom is -0.399 e. The van der Waals surface area contributed by atoms with E-state index in [1.54, 1.807) is 0 Å². The summed E-state index contributed by atoms with van der Waals surface area (Å²) in [5.74, 6) is 0.329. The second-order valence-electron chi connectivity index (χ2n) is 5.59. The second-order valence-corrected chi connectivity index (χ2v) is 5.59. The molecular formula is C16H22N2. The van der Waals surface area contributed by atoms with Gasteiger partial charge in [0.25, 0.3) is 0 Å². The lowest BCUT2D eigenvalue weighted by Gasteiger charge is -2.35. The Kier molecular flexibility index (Phi) is 3.07. The Balaban J connectivity index is 2.44. The largest absolute Gasteiger partial charge is 0.399 e. The Morgan fingerprint density at radius 2 is 1.89 bits per heavy atom. The van der Waals surface area contributed by atoms with Crippen molar-refractivity contribution in [2.75, 3.05) is 5.73 Å². The fourth-order valence-electron chi connectivity index (χ4n) is 2.27. The van der Waals surface area contributed by atoms with Crippen LogP contribution in [0.5, 0.6) is 0 Å². The van der Waals surface area contributed by atoms with Gasteiger partial charge in [-0.2, -0.15) is 0 Å². The number of allylic oxidation sites excluding steroid dienone is 2. The van der Waals surface area contributed by atoms with E-state index in [0.29, 0.717) is 5.92 Å². The minimum atomic E-state index is -0.244. The minimum absolute atomic E-state index is 0.244. The molecule has 0 fully saturated rings.